The van der Waals surface area contributed by atoms with Crippen LogP contribution in [0, 0.1) is 0 Å². The van der Waals surface area contributed by atoms with Crippen LogP contribution < -0.4 is 5.32 Å². The second-order valence-electron chi connectivity index (χ2n) is 5.82. The number of thiophene rings is 1. The molecule has 0 atom stereocenters. The number of amides is 1. The van der Waals surface area contributed by atoms with E-state index in [0.717, 1.165) is 17.7 Å². The zero-order valence-electron chi connectivity index (χ0n) is 13.0. The molecule has 0 saturated heterocycles. The highest BCUT2D eigenvalue weighted by Gasteiger charge is 2.39. The van der Waals surface area contributed by atoms with Crippen molar-refractivity contribution in [2.75, 3.05) is 6.54 Å². The predicted octanol–water partition coefficient (Wildman–Crippen LogP) is 3.20. The van der Waals surface area contributed by atoms with E-state index in [1.807, 2.05) is 17.5 Å². The number of carbonyl (C=O) groups is 1. The topological polar surface area (TPSA) is 46.9 Å². The Bertz CT molecular complexity index is 707. The largest absolute Gasteiger partial charge is 0.435 e. The van der Waals surface area contributed by atoms with E-state index in [2.05, 4.69) is 10.4 Å². The number of nitrogens with one attached hydrogen (secondary N) is 1. The average molecular weight is 357 g/mol. The maximum Gasteiger partial charge on any atom is 0.435 e. The molecule has 1 amide bonds. The van der Waals surface area contributed by atoms with Crippen molar-refractivity contribution in [3.8, 4) is 0 Å². The summed E-state index contributed by atoms with van der Waals surface area (Å²) < 4.78 is 40.6. The summed E-state index contributed by atoms with van der Waals surface area (Å²) >= 11 is 1.61. The molecule has 0 fully saturated rings. The van der Waals surface area contributed by atoms with Gasteiger partial charge in [-0.05, 0) is 43.6 Å². The Kier molecular flexibility index (Phi) is 4.93. The number of carbonyl (C=O) groups excluding carboxylic acids is 1. The number of rotatable bonds is 5. The fourth-order valence-corrected chi connectivity index (χ4v) is 3.71. The monoisotopic (exact) mass is 357 g/mol. The maximum atomic E-state index is 13.1. The third kappa shape index (κ3) is 3.80. The first-order valence-corrected chi connectivity index (χ1v) is 8.78. The van der Waals surface area contributed by atoms with Crippen LogP contribution in [0.25, 0.3) is 0 Å². The lowest BCUT2D eigenvalue weighted by molar-refractivity contribution is -0.142. The molecule has 2 heterocycles. The van der Waals surface area contributed by atoms with Crippen molar-refractivity contribution in [3.63, 3.8) is 0 Å². The van der Waals surface area contributed by atoms with Crippen LogP contribution in [0.2, 0.25) is 0 Å². The molecule has 0 saturated carbocycles. The molecule has 1 aliphatic carbocycles. The Balaban J connectivity index is 1.66. The van der Waals surface area contributed by atoms with Gasteiger partial charge in [-0.2, -0.15) is 18.3 Å². The van der Waals surface area contributed by atoms with Crippen LogP contribution in [-0.2, 0) is 36.8 Å². The third-order valence-electron chi connectivity index (χ3n) is 4.09. The Morgan fingerprint density at radius 2 is 2.12 bits per heavy atom. The molecule has 0 aromatic carbocycles. The van der Waals surface area contributed by atoms with Gasteiger partial charge in [0.2, 0.25) is 5.91 Å². The van der Waals surface area contributed by atoms with Gasteiger partial charge in [-0.25, -0.2) is 0 Å². The first-order chi connectivity index (χ1) is 11.4. The van der Waals surface area contributed by atoms with E-state index < -0.39 is 11.9 Å². The highest BCUT2D eigenvalue weighted by Crippen LogP contribution is 2.35. The summed E-state index contributed by atoms with van der Waals surface area (Å²) in [7, 11) is 0. The van der Waals surface area contributed by atoms with E-state index in [1.165, 1.54) is 4.68 Å². The van der Waals surface area contributed by atoms with Crippen molar-refractivity contribution in [1.29, 1.82) is 0 Å². The van der Waals surface area contributed by atoms with Crippen molar-refractivity contribution in [1.82, 2.24) is 15.1 Å². The lowest BCUT2D eigenvalue weighted by Gasteiger charge is -2.14. The molecule has 1 N–H and O–H groups in total. The van der Waals surface area contributed by atoms with Crippen molar-refractivity contribution < 1.29 is 18.0 Å². The van der Waals surface area contributed by atoms with E-state index in [9.17, 15) is 18.0 Å². The van der Waals surface area contributed by atoms with Crippen molar-refractivity contribution in [2.24, 2.45) is 0 Å². The number of aromatic nitrogens is 2. The fraction of sp³-hybridized carbons (Fsp3) is 0.500. The smallest absolute Gasteiger partial charge is 0.354 e. The van der Waals surface area contributed by atoms with Gasteiger partial charge in [-0.3, -0.25) is 9.48 Å². The molecule has 0 unspecified atom stereocenters. The molecule has 0 spiro atoms. The van der Waals surface area contributed by atoms with Gasteiger partial charge in [0.1, 0.15) is 6.54 Å². The molecule has 2 aromatic heterocycles. The molecule has 130 valence electrons. The summed E-state index contributed by atoms with van der Waals surface area (Å²) in [5.41, 5.74) is -0.00861. The SMILES string of the molecule is O=C(Cn1nc(C(F)(F)F)c2c1CCCC2)NCCc1cccs1. The number of nitrogens with zero attached hydrogens (tertiary/aromatic N) is 2. The molecule has 0 radical (unpaired) electrons. The number of hydrogen-bond acceptors (Lipinski definition) is 3. The van der Waals surface area contributed by atoms with Crippen LogP contribution in [0.4, 0.5) is 13.2 Å². The lowest BCUT2D eigenvalue weighted by atomic mass is 9.95. The van der Waals surface area contributed by atoms with Gasteiger partial charge >= 0.3 is 6.18 Å². The number of alkyl halides is 3. The van der Waals surface area contributed by atoms with Crippen LogP contribution in [0.1, 0.15) is 34.7 Å². The quantitative estimate of drug-likeness (QED) is 0.893. The average Bonchev–Trinajstić information content (AvgIpc) is 3.15. The molecule has 1 aliphatic rings. The Hall–Kier alpha value is -1.83. The fourth-order valence-electron chi connectivity index (χ4n) is 3.00. The first-order valence-electron chi connectivity index (χ1n) is 7.90. The molecule has 3 rings (SSSR count). The molecule has 0 aliphatic heterocycles. The minimum atomic E-state index is -4.47. The van der Waals surface area contributed by atoms with Gasteiger partial charge < -0.3 is 5.32 Å². The molecule has 8 heteroatoms. The zero-order valence-corrected chi connectivity index (χ0v) is 13.8. The summed E-state index contributed by atoms with van der Waals surface area (Å²) in [6, 6.07) is 3.92. The number of fused-ring (bicyclic) bond motifs is 1. The lowest BCUT2D eigenvalue weighted by Crippen LogP contribution is -2.30. The summed E-state index contributed by atoms with van der Waals surface area (Å²) in [5, 5.41) is 8.41. The Labute approximate surface area is 141 Å². The maximum absolute atomic E-state index is 13.1. The van der Waals surface area contributed by atoms with Crippen LogP contribution in [0.5, 0.6) is 0 Å². The Morgan fingerprint density at radius 1 is 1.33 bits per heavy atom. The van der Waals surface area contributed by atoms with Crippen molar-refractivity contribution >= 4 is 17.2 Å². The van der Waals surface area contributed by atoms with Crippen molar-refractivity contribution in [2.45, 2.75) is 44.8 Å². The van der Waals surface area contributed by atoms with E-state index >= 15 is 0 Å². The second-order valence-corrected chi connectivity index (χ2v) is 6.85. The molecule has 4 nitrogen and oxygen atoms in total. The van der Waals surface area contributed by atoms with Gasteiger partial charge in [0.05, 0.1) is 0 Å². The minimum absolute atomic E-state index is 0.164. The summed E-state index contributed by atoms with van der Waals surface area (Å²) in [6.07, 6.45) is -1.27. The highest BCUT2D eigenvalue weighted by molar-refractivity contribution is 7.09. The van der Waals surface area contributed by atoms with E-state index in [0.29, 0.717) is 31.5 Å². The summed E-state index contributed by atoms with van der Waals surface area (Å²) in [4.78, 5) is 13.2. The van der Waals surface area contributed by atoms with Gasteiger partial charge in [-0.15, -0.1) is 11.3 Å². The van der Waals surface area contributed by atoms with Crippen LogP contribution in [-0.4, -0.2) is 22.2 Å². The normalized spacial score (nSPS) is 14.5. The van der Waals surface area contributed by atoms with E-state index in [1.54, 1.807) is 11.3 Å². The molecule has 24 heavy (non-hydrogen) atoms. The van der Waals surface area contributed by atoms with Gasteiger partial charge in [0, 0.05) is 22.7 Å². The minimum Gasteiger partial charge on any atom is -0.354 e. The first kappa shape index (κ1) is 17.0. The second kappa shape index (κ2) is 6.96. The van der Waals surface area contributed by atoms with Crippen LogP contribution in [0.15, 0.2) is 17.5 Å². The zero-order chi connectivity index (χ0) is 17.2. The van der Waals surface area contributed by atoms with Crippen LogP contribution in [0.3, 0.4) is 0 Å². The summed E-state index contributed by atoms with van der Waals surface area (Å²) in [6.45, 7) is 0.303. The van der Waals surface area contributed by atoms with Gasteiger partial charge in [0.15, 0.2) is 5.69 Å². The predicted molar refractivity (Wildman–Crippen MR) is 84.9 cm³/mol. The van der Waals surface area contributed by atoms with E-state index in [4.69, 9.17) is 0 Å². The third-order valence-corrected chi connectivity index (χ3v) is 5.03. The molecule has 0 bridgehead atoms. The summed E-state index contributed by atoms with van der Waals surface area (Å²) in [5.74, 6) is -0.309. The highest BCUT2D eigenvalue weighted by atomic mass is 32.1. The van der Waals surface area contributed by atoms with Gasteiger partial charge in [-0.1, -0.05) is 6.07 Å². The molecular weight excluding hydrogens is 339 g/mol. The standard InChI is InChI=1S/C16H18F3N3OS/c17-16(18,19)15-12-5-1-2-6-13(12)22(21-15)10-14(23)20-8-7-11-4-3-9-24-11/h3-4,9H,1-2,5-8,10H2,(H,20,23). The number of hydrogen-bond donors (Lipinski definition) is 1. The van der Waals surface area contributed by atoms with Crippen molar-refractivity contribution in [3.05, 3.63) is 39.3 Å². The molecule has 2 aromatic rings. The molecular formula is C16H18F3N3OS. The number of halogens is 3. The van der Waals surface area contributed by atoms with Crippen LogP contribution >= 0.6 is 11.3 Å². The van der Waals surface area contributed by atoms with E-state index in [-0.39, 0.29) is 18.0 Å². The Morgan fingerprint density at radius 3 is 2.83 bits per heavy atom. The van der Waals surface area contributed by atoms with Gasteiger partial charge in [0.25, 0.3) is 0 Å².